The van der Waals surface area contributed by atoms with Gasteiger partial charge in [0, 0.05) is 69.4 Å². The van der Waals surface area contributed by atoms with Gasteiger partial charge in [-0.3, -0.25) is 19.6 Å². The van der Waals surface area contributed by atoms with Crippen LogP contribution in [0.3, 0.4) is 0 Å². The largest absolute Gasteiger partial charge is 0.493 e. The van der Waals surface area contributed by atoms with Gasteiger partial charge in [0.1, 0.15) is 13.2 Å². The Hall–Kier alpha value is -6.48. The summed E-state index contributed by atoms with van der Waals surface area (Å²) in [4.78, 5) is 52.1. The average molecular weight is 784 g/mol. The van der Waals surface area contributed by atoms with Crippen molar-refractivity contribution in [3.63, 3.8) is 0 Å². The lowest BCUT2D eigenvalue weighted by molar-refractivity contribution is 0.0691. The zero-order valence-electron chi connectivity index (χ0n) is 33.4. The van der Waals surface area contributed by atoms with Crippen LogP contribution in [0.15, 0.2) is 65.1 Å². The number of methoxy groups -OCH3 is 2. The minimum absolute atomic E-state index is 0.122. The average Bonchev–Trinajstić information content (AvgIpc) is 3.69. The van der Waals surface area contributed by atoms with Gasteiger partial charge in [-0.05, 0) is 49.0 Å². The Morgan fingerprint density at radius 3 is 1.52 bits per heavy atom. The number of ether oxygens (including phenoxy) is 4. The number of aromatic nitrogens is 4. The third-order valence-corrected chi connectivity index (χ3v) is 11.3. The van der Waals surface area contributed by atoms with E-state index in [2.05, 4.69) is 27.0 Å². The number of imidazole rings is 2. The maximum absolute atomic E-state index is 13.9. The van der Waals surface area contributed by atoms with Gasteiger partial charge in [-0.2, -0.15) is 0 Å². The molecule has 58 heavy (non-hydrogen) atoms. The Kier molecular flexibility index (Phi) is 9.47. The first-order valence-electron chi connectivity index (χ1n) is 19.2. The molecule has 6 heterocycles. The van der Waals surface area contributed by atoms with Crippen molar-refractivity contribution >= 4 is 35.6 Å². The second-order valence-electron chi connectivity index (χ2n) is 15.5. The molecule has 0 unspecified atom stereocenters. The van der Waals surface area contributed by atoms with Gasteiger partial charge in [-0.1, -0.05) is 12.1 Å². The quantitative estimate of drug-likeness (QED) is 0.192. The number of rotatable bonds is 10. The molecule has 5 aromatic rings. The van der Waals surface area contributed by atoms with Crippen LogP contribution in [0.1, 0.15) is 60.2 Å². The zero-order chi connectivity index (χ0) is 40.2. The predicted molar refractivity (Wildman–Crippen MR) is 216 cm³/mol. The van der Waals surface area contributed by atoms with E-state index in [1.807, 2.05) is 65.6 Å². The van der Waals surface area contributed by atoms with Crippen LogP contribution in [0.2, 0.25) is 0 Å². The summed E-state index contributed by atoms with van der Waals surface area (Å²) in [6, 6.07) is 12.9. The highest BCUT2D eigenvalue weighted by Gasteiger charge is 2.36. The number of hydrogen-bond donors (Lipinski definition) is 0. The normalized spacial score (nSPS) is 17.8. The second-order valence-corrected chi connectivity index (χ2v) is 15.5. The fraction of sp³-hybridized carbons (Fsp3) is 0.349. The van der Waals surface area contributed by atoms with E-state index in [1.54, 1.807) is 51.1 Å². The molecule has 0 spiro atoms. The molecule has 2 atom stereocenters. The smallest absolute Gasteiger partial charge is 0.257 e. The molecule has 15 nitrogen and oxygen atoms in total. The van der Waals surface area contributed by atoms with Gasteiger partial charge in [-0.25, -0.2) is 9.97 Å². The monoisotopic (exact) mass is 783 g/mol. The molecule has 3 aromatic carbocycles. The summed E-state index contributed by atoms with van der Waals surface area (Å²) < 4.78 is 28.4. The van der Waals surface area contributed by atoms with Crippen LogP contribution >= 0.6 is 0 Å². The van der Waals surface area contributed by atoms with Crippen molar-refractivity contribution in [2.75, 3.05) is 28.3 Å². The molecule has 2 amide bonds. The highest BCUT2D eigenvalue weighted by molar-refractivity contribution is 6.04. The lowest BCUT2D eigenvalue weighted by Crippen LogP contribution is -2.44. The first kappa shape index (κ1) is 37.1. The molecule has 0 bridgehead atoms. The van der Waals surface area contributed by atoms with Gasteiger partial charge in [0.25, 0.3) is 11.8 Å². The first-order valence-corrected chi connectivity index (χ1v) is 19.2. The van der Waals surface area contributed by atoms with Crippen molar-refractivity contribution in [1.29, 1.82) is 0 Å². The Balaban J connectivity index is 0.944. The van der Waals surface area contributed by atoms with Crippen molar-refractivity contribution in [3.05, 3.63) is 106 Å². The van der Waals surface area contributed by atoms with E-state index < -0.39 is 0 Å². The Morgan fingerprint density at radius 1 is 0.638 bits per heavy atom. The van der Waals surface area contributed by atoms with Crippen molar-refractivity contribution in [1.82, 2.24) is 33.8 Å². The van der Waals surface area contributed by atoms with E-state index in [0.717, 1.165) is 39.5 Å². The molecule has 0 aliphatic carbocycles. The molecule has 0 fully saturated rings. The van der Waals surface area contributed by atoms with Gasteiger partial charge in [0.15, 0.2) is 23.0 Å². The Bertz CT molecular complexity index is 2360. The molecule has 4 aliphatic rings. The SMILES string of the molecule is COc1cc2c(cc1OCc1cc(COc3cc4c(cc3OC)C(=O)N3Cc5ncn(C)c5C[C@H]3C=N4)cc(CN(C)C)c1)N=C[C@@H]1Cc3c(ncn3C)CN1C2=O. The third kappa shape index (κ3) is 6.74. The number of nitrogens with zero attached hydrogens (tertiary/aromatic N) is 9. The summed E-state index contributed by atoms with van der Waals surface area (Å²) >= 11 is 0. The van der Waals surface area contributed by atoms with E-state index in [9.17, 15) is 9.59 Å². The summed E-state index contributed by atoms with van der Waals surface area (Å²) in [6.07, 6.45) is 8.56. The van der Waals surface area contributed by atoms with E-state index in [1.165, 1.54) is 0 Å². The number of carbonyl (C=O) groups is 2. The second kappa shape index (κ2) is 14.8. The standard InChI is InChI=1S/C43H45N9O6/c1-48(2)18-25-7-26(21-57-40-14-32-30(12-38(40)55-5)42(53)51-19-34-36(49(3)23-46-34)10-28(51)16-44-32)9-27(8-25)22-58-41-15-33-31(13-39(41)56-6)43(54)52-20-35-37(50(4)24-47-35)11-29(52)17-45-33/h7-9,12-17,23-24,28-29H,10-11,18-22H2,1-6H3/t28-,29-/m0/s1. The maximum atomic E-state index is 13.9. The lowest BCUT2D eigenvalue weighted by atomic mass is 10.0. The fourth-order valence-corrected chi connectivity index (χ4v) is 8.31. The van der Waals surface area contributed by atoms with Gasteiger partial charge < -0.3 is 42.8 Å². The Morgan fingerprint density at radius 2 is 1.09 bits per heavy atom. The molecule has 0 radical (unpaired) electrons. The van der Waals surface area contributed by atoms with Crippen molar-refractivity contribution in [2.24, 2.45) is 24.1 Å². The number of fused-ring (bicyclic) bond motifs is 6. The molecule has 0 saturated carbocycles. The van der Waals surface area contributed by atoms with Gasteiger partial charge in [0.2, 0.25) is 0 Å². The van der Waals surface area contributed by atoms with Crippen LogP contribution in [0.4, 0.5) is 11.4 Å². The van der Waals surface area contributed by atoms with Gasteiger partial charge in [-0.15, -0.1) is 0 Å². The number of aliphatic imine (C=N–C) groups is 2. The molecular weight excluding hydrogens is 739 g/mol. The van der Waals surface area contributed by atoms with E-state index in [0.29, 0.717) is 78.0 Å². The van der Waals surface area contributed by atoms with Gasteiger partial charge in [0.05, 0.1) is 85.9 Å². The first-order chi connectivity index (χ1) is 28.1. The van der Waals surface area contributed by atoms with E-state index in [4.69, 9.17) is 28.9 Å². The molecule has 15 heteroatoms. The summed E-state index contributed by atoms with van der Waals surface area (Å²) in [6.45, 7) is 1.99. The molecule has 9 rings (SSSR count). The Labute approximate surface area is 336 Å². The summed E-state index contributed by atoms with van der Waals surface area (Å²) in [5, 5.41) is 0. The summed E-state index contributed by atoms with van der Waals surface area (Å²) in [5.41, 5.74) is 8.92. The highest BCUT2D eigenvalue weighted by Crippen LogP contribution is 2.40. The summed E-state index contributed by atoms with van der Waals surface area (Å²) in [7, 11) is 11.1. The van der Waals surface area contributed by atoms with Crippen LogP contribution in [-0.2, 0) is 59.8 Å². The number of hydrogen-bond acceptors (Lipinski definition) is 11. The number of benzene rings is 3. The highest BCUT2D eigenvalue weighted by atomic mass is 16.5. The van der Waals surface area contributed by atoms with Crippen LogP contribution in [0, 0.1) is 0 Å². The predicted octanol–water partition coefficient (Wildman–Crippen LogP) is 4.96. The number of carbonyl (C=O) groups excluding carboxylic acids is 2. The molecule has 0 saturated heterocycles. The molecule has 2 aromatic heterocycles. The van der Waals surface area contributed by atoms with Crippen molar-refractivity contribution < 1.29 is 28.5 Å². The van der Waals surface area contributed by atoms with E-state index in [-0.39, 0.29) is 37.1 Å². The zero-order valence-corrected chi connectivity index (χ0v) is 33.4. The maximum Gasteiger partial charge on any atom is 0.257 e. The topological polar surface area (TPSA) is 141 Å². The van der Waals surface area contributed by atoms with Crippen molar-refractivity contribution in [3.8, 4) is 23.0 Å². The molecular formula is C43H45N9O6. The van der Waals surface area contributed by atoms with Crippen LogP contribution in [0.25, 0.3) is 0 Å². The summed E-state index contributed by atoms with van der Waals surface area (Å²) in [5.74, 6) is 1.60. The molecule has 298 valence electrons. The van der Waals surface area contributed by atoms with Crippen LogP contribution in [-0.4, -0.2) is 98.4 Å². The lowest BCUT2D eigenvalue weighted by Gasteiger charge is -2.32. The van der Waals surface area contributed by atoms with Crippen LogP contribution < -0.4 is 18.9 Å². The van der Waals surface area contributed by atoms with Crippen LogP contribution in [0.5, 0.6) is 23.0 Å². The number of aryl methyl sites for hydroxylation is 2. The van der Waals surface area contributed by atoms with E-state index >= 15 is 0 Å². The fourth-order valence-electron chi connectivity index (χ4n) is 8.31. The minimum Gasteiger partial charge on any atom is -0.493 e. The third-order valence-electron chi connectivity index (χ3n) is 11.3. The minimum atomic E-state index is -0.183. The molecule has 0 N–H and O–H groups in total. The van der Waals surface area contributed by atoms with Crippen molar-refractivity contribution in [2.45, 2.75) is 57.8 Å². The van der Waals surface area contributed by atoms with Gasteiger partial charge >= 0.3 is 0 Å². The number of amides is 2. The molecule has 4 aliphatic heterocycles.